The van der Waals surface area contributed by atoms with E-state index < -0.39 is 0 Å². The molecule has 0 radical (unpaired) electrons. The number of unbranched alkanes of at least 4 members (excludes halogenated alkanes) is 1. The maximum atomic E-state index is 6.13. The summed E-state index contributed by atoms with van der Waals surface area (Å²) in [4.78, 5) is 0. The van der Waals surface area contributed by atoms with Crippen LogP contribution in [0, 0.1) is 0 Å². The third kappa shape index (κ3) is 4.61. The molecule has 0 spiro atoms. The van der Waals surface area contributed by atoms with Gasteiger partial charge in [0.1, 0.15) is 0 Å². The van der Waals surface area contributed by atoms with Crippen molar-refractivity contribution in [1.82, 2.24) is 0 Å². The van der Waals surface area contributed by atoms with Gasteiger partial charge in [-0.15, -0.1) is 6.58 Å². The van der Waals surface area contributed by atoms with Crippen LogP contribution in [0.3, 0.4) is 0 Å². The van der Waals surface area contributed by atoms with E-state index in [0.29, 0.717) is 5.75 Å². The molecule has 1 aromatic carbocycles. The molecule has 1 unspecified atom stereocenters. The van der Waals surface area contributed by atoms with Crippen LogP contribution in [-0.4, -0.2) is 12.7 Å². The molecule has 18 heavy (non-hydrogen) atoms. The van der Waals surface area contributed by atoms with E-state index in [-0.39, 0.29) is 5.56 Å². The summed E-state index contributed by atoms with van der Waals surface area (Å²) in [6.45, 7) is 5.86. The van der Waals surface area contributed by atoms with Crippen LogP contribution >= 0.6 is 11.6 Å². The zero-order chi connectivity index (χ0) is 13.4. The van der Waals surface area contributed by atoms with Crippen LogP contribution in [0.2, 0.25) is 0 Å². The SMILES string of the molecule is C=CCc1ccc(OC(Cl)CCCC)c(OC)c1. The molecule has 3 heteroatoms. The zero-order valence-corrected chi connectivity index (χ0v) is 11.9. The van der Waals surface area contributed by atoms with E-state index in [9.17, 15) is 0 Å². The van der Waals surface area contributed by atoms with Gasteiger partial charge in [-0.05, 0) is 37.0 Å². The Balaban J connectivity index is 2.72. The predicted molar refractivity (Wildman–Crippen MR) is 76.7 cm³/mol. The number of benzene rings is 1. The Morgan fingerprint density at radius 1 is 1.39 bits per heavy atom. The first-order chi connectivity index (χ1) is 8.71. The fraction of sp³-hybridized carbons (Fsp3) is 0.467. The number of methoxy groups -OCH3 is 1. The Labute approximate surface area is 115 Å². The van der Waals surface area contributed by atoms with Gasteiger partial charge in [-0.2, -0.15) is 0 Å². The minimum atomic E-state index is -0.302. The number of allylic oxidation sites excluding steroid dienone is 1. The van der Waals surface area contributed by atoms with Crippen LogP contribution in [0.15, 0.2) is 30.9 Å². The summed E-state index contributed by atoms with van der Waals surface area (Å²) in [5.74, 6) is 1.41. The van der Waals surface area contributed by atoms with Crippen molar-refractivity contribution in [2.24, 2.45) is 0 Å². The summed E-state index contributed by atoms with van der Waals surface area (Å²) in [6.07, 6.45) is 5.69. The van der Waals surface area contributed by atoms with Crippen molar-refractivity contribution >= 4 is 11.6 Å². The fourth-order valence-electron chi connectivity index (χ4n) is 1.66. The predicted octanol–water partition coefficient (Wildman–Crippen LogP) is 4.56. The molecule has 0 saturated carbocycles. The van der Waals surface area contributed by atoms with Crippen molar-refractivity contribution in [2.75, 3.05) is 7.11 Å². The van der Waals surface area contributed by atoms with Crippen LogP contribution in [0.1, 0.15) is 31.7 Å². The Morgan fingerprint density at radius 3 is 2.78 bits per heavy atom. The fourth-order valence-corrected chi connectivity index (χ4v) is 1.91. The van der Waals surface area contributed by atoms with Gasteiger partial charge in [-0.25, -0.2) is 0 Å². The topological polar surface area (TPSA) is 18.5 Å². The highest BCUT2D eigenvalue weighted by Gasteiger charge is 2.10. The smallest absolute Gasteiger partial charge is 0.172 e. The summed E-state index contributed by atoms with van der Waals surface area (Å²) >= 11 is 6.13. The van der Waals surface area contributed by atoms with Gasteiger partial charge in [0, 0.05) is 0 Å². The lowest BCUT2D eigenvalue weighted by Crippen LogP contribution is -2.09. The standard InChI is InChI=1S/C15H21ClO2/c1-4-6-8-15(16)18-13-10-9-12(7-5-2)11-14(13)17-3/h5,9-11,15H,2,4,6-8H2,1,3H3. The maximum absolute atomic E-state index is 6.13. The first-order valence-corrected chi connectivity index (χ1v) is 6.73. The molecule has 0 amide bonds. The average Bonchev–Trinajstić information content (AvgIpc) is 2.38. The van der Waals surface area contributed by atoms with E-state index in [4.69, 9.17) is 21.1 Å². The highest BCUT2D eigenvalue weighted by molar-refractivity contribution is 6.19. The van der Waals surface area contributed by atoms with Crippen LogP contribution in [-0.2, 0) is 6.42 Å². The number of hydrogen-bond acceptors (Lipinski definition) is 2. The average molecular weight is 269 g/mol. The quantitative estimate of drug-likeness (QED) is 0.508. The largest absolute Gasteiger partial charge is 0.493 e. The van der Waals surface area contributed by atoms with Crippen molar-refractivity contribution in [3.05, 3.63) is 36.4 Å². The first-order valence-electron chi connectivity index (χ1n) is 6.29. The van der Waals surface area contributed by atoms with E-state index in [2.05, 4.69) is 13.5 Å². The third-order valence-corrected chi connectivity index (χ3v) is 2.95. The van der Waals surface area contributed by atoms with Crippen LogP contribution in [0.25, 0.3) is 0 Å². The summed E-state index contributed by atoms with van der Waals surface area (Å²) in [7, 11) is 1.63. The molecule has 100 valence electrons. The summed E-state index contributed by atoms with van der Waals surface area (Å²) in [5, 5.41) is 0. The van der Waals surface area contributed by atoms with E-state index in [1.54, 1.807) is 7.11 Å². The van der Waals surface area contributed by atoms with Crippen LogP contribution < -0.4 is 9.47 Å². The number of ether oxygens (including phenoxy) is 2. The molecule has 0 saturated heterocycles. The van der Waals surface area contributed by atoms with Gasteiger partial charge in [0.05, 0.1) is 7.11 Å². The minimum absolute atomic E-state index is 0.302. The lowest BCUT2D eigenvalue weighted by molar-refractivity contribution is 0.252. The van der Waals surface area contributed by atoms with E-state index in [1.165, 1.54) is 0 Å². The van der Waals surface area contributed by atoms with Crippen molar-refractivity contribution in [2.45, 2.75) is 38.2 Å². The van der Waals surface area contributed by atoms with Crippen molar-refractivity contribution in [1.29, 1.82) is 0 Å². The molecule has 0 aliphatic heterocycles. The molecule has 0 heterocycles. The molecular weight excluding hydrogens is 248 g/mol. The number of alkyl halides is 1. The van der Waals surface area contributed by atoms with Crippen molar-refractivity contribution in [3.63, 3.8) is 0 Å². The lowest BCUT2D eigenvalue weighted by Gasteiger charge is -2.15. The summed E-state index contributed by atoms with van der Waals surface area (Å²) in [5.41, 5.74) is 0.845. The van der Waals surface area contributed by atoms with Gasteiger partial charge in [0.2, 0.25) is 0 Å². The summed E-state index contributed by atoms with van der Waals surface area (Å²) in [6, 6.07) is 5.86. The van der Waals surface area contributed by atoms with Gasteiger partial charge < -0.3 is 9.47 Å². The van der Waals surface area contributed by atoms with Gasteiger partial charge in [-0.1, -0.05) is 37.1 Å². The zero-order valence-electron chi connectivity index (χ0n) is 11.1. The van der Waals surface area contributed by atoms with Crippen molar-refractivity contribution in [3.8, 4) is 11.5 Å². The number of rotatable bonds is 8. The van der Waals surface area contributed by atoms with Crippen molar-refractivity contribution < 1.29 is 9.47 Å². The first kappa shape index (κ1) is 14.9. The summed E-state index contributed by atoms with van der Waals surface area (Å²) < 4.78 is 11.0. The molecule has 0 fully saturated rings. The molecule has 0 aliphatic carbocycles. The second-order valence-corrected chi connectivity index (χ2v) is 4.63. The second kappa shape index (κ2) is 8.04. The Kier molecular flexibility index (Phi) is 6.66. The van der Waals surface area contributed by atoms with Crippen LogP contribution in [0.4, 0.5) is 0 Å². The third-order valence-electron chi connectivity index (χ3n) is 2.65. The number of hydrogen-bond donors (Lipinski definition) is 0. The van der Waals surface area contributed by atoms with Gasteiger partial charge in [0.25, 0.3) is 0 Å². The molecule has 1 atom stereocenters. The maximum Gasteiger partial charge on any atom is 0.172 e. The highest BCUT2D eigenvalue weighted by Crippen LogP contribution is 2.30. The normalized spacial score (nSPS) is 11.9. The molecule has 0 aliphatic rings. The Bertz CT molecular complexity index is 377. The lowest BCUT2D eigenvalue weighted by atomic mass is 10.1. The molecule has 1 rings (SSSR count). The molecular formula is C15H21ClO2. The molecule has 0 bridgehead atoms. The molecule has 0 aromatic heterocycles. The van der Waals surface area contributed by atoms with Gasteiger partial charge in [-0.3, -0.25) is 0 Å². The van der Waals surface area contributed by atoms with Crippen LogP contribution in [0.5, 0.6) is 11.5 Å². The van der Waals surface area contributed by atoms with Gasteiger partial charge in [0.15, 0.2) is 17.1 Å². The molecule has 0 N–H and O–H groups in total. The van der Waals surface area contributed by atoms with Gasteiger partial charge >= 0.3 is 0 Å². The molecule has 2 nitrogen and oxygen atoms in total. The monoisotopic (exact) mass is 268 g/mol. The highest BCUT2D eigenvalue weighted by atomic mass is 35.5. The Hall–Kier alpha value is -1.15. The van der Waals surface area contributed by atoms with E-state index >= 15 is 0 Å². The van der Waals surface area contributed by atoms with E-state index in [0.717, 1.165) is 37.0 Å². The Morgan fingerprint density at radius 2 is 2.17 bits per heavy atom. The minimum Gasteiger partial charge on any atom is -0.493 e. The number of halogens is 1. The molecule has 1 aromatic rings. The second-order valence-electron chi connectivity index (χ2n) is 4.15. The van der Waals surface area contributed by atoms with E-state index in [1.807, 2.05) is 24.3 Å².